The molecule has 0 unspecified atom stereocenters. The lowest BCUT2D eigenvalue weighted by atomic mass is 10.1. The van der Waals surface area contributed by atoms with Crippen LogP contribution in [0.4, 0.5) is 30.2 Å². The van der Waals surface area contributed by atoms with Crippen LogP contribution in [-0.2, 0) is 11.0 Å². The van der Waals surface area contributed by atoms with Gasteiger partial charge in [0.1, 0.15) is 0 Å². The molecule has 166 valence electrons. The van der Waals surface area contributed by atoms with Gasteiger partial charge in [-0.15, -0.1) is 0 Å². The maximum absolute atomic E-state index is 12.8. The van der Waals surface area contributed by atoms with Crippen LogP contribution in [0.5, 0.6) is 0 Å². The minimum Gasteiger partial charge on any atom is -0.376 e. The van der Waals surface area contributed by atoms with Crippen LogP contribution in [0.2, 0.25) is 10.0 Å². The normalized spacial score (nSPS) is 11.0. The summed E-state index contributed by atoms with van der Waals surface area (Å²) in [5.74, 6) is -0.949. The predicted molar refractivity (Wildman–Crippen MR) is 119 cm³/mol. The highest BCUT2D eigenvalue weighted by Crippen LogP contribution is 2.31. The first-order valence-electron chi connectivity index (χ1n) is 9.19. The maximum Gasteiger partial charge on any atom is 0.416 e. The minimum absolute atomic E-state index is 0.0178. The van der Waals surface area contributed by atoms with Gasteiger partial charge in [0.05, 0.1) is 22.2 Å². The molecule has 3 N–H and O–H groups in total. The Kier molecular flexibility index (Phi) is 7.27. The lowest BCUT2D eigenvalue weighted by molar-refractivity contribution is -0.137. The number of halogens is 5. The fraction of sp³-hybridized carbons (Fsp3) is 0.0909. The summed E-state index contributed by atoms with van der Waals surface area (Å²) in [6, 6.07) is 15.2. The Bertz CT molecular complexity index is 1150. The zero-order valence-electron chi connectivity index (χ0n) is 16.3. The van der Waals surface area contributed by atoms with Gasteiger partial charge >= 0.3 is 6.18 Å². The topological polar surface area (TPSA) is 70.2 Å². The molecule has 0 spiro atoms. The van der Waals surface area contributed by atoms with Crippen molar-refractivity contribution in [2.24, 2.45) is 0 Å². The summed E-state index contributed by atoms with van der Waals surface area (Å²) >= 11 is 11.8. The van der Waals surface area contributed by atoms with Crippen LogP contribution in [0.1, 0.15) is 15.9 Å². The molecule has 3 rings (SSSR count). The smallest absolute Gasteiger partial charge is 0.376 e. The van der Waals surface area contributed by atoms with Crippen LogP contribution in [0.25, 0.3) is 0 Å². The molecule has 0 aromatic heterocycles. The van der Waals surface area contributed by atoms with E-state index in [2.05, 4.69) is 16.0 Å². The highest BCUT2D eigenvalue weighted by atomic mass is 35.5. The second-order valence-electron chi connectivity index (χ2n) is 6.64. The highest BCUT2D eigenvalue weighted by Gasteiger charge is 2.30. The largest absolute Gasteiger partial charge is 0.416 e. The average molecular weight is 482 g/mol. The summed E-state index contributed by atoms with van der Waals surface area (Å²) < 4.78 is 38.5. The van der Waals surface area contributed by atoms with Gasteiger partial charge in [-0.1, -0.05) is 35.3 Å². The van der Waals surface area contributed by atoms with E-state index >= 15 is 0 Å². The van der Waals surface area contributed by atoms with Crippen molar-refractivity contribution in [2.45, 2.75) is 6.18 Å². The number of rotatable bonds is 6. The molecule has 0 aliphatic carbocycles. The third-order valence-electron chi connectivity index (χ3n) is 4.23. The van der Waals surface area contributed by atoms with Gasteiger partial charge in [0.2, 0.25) is 5.91 Å². The van der Waals surface area contributed by atoms with E-state index in [1.807, 2.05) is 0 Å². The van der Waals surface area contributed by atoms with Gasteiger partial charge in [0, 0.05) is 22.6 Å². The first kappa shape index (κ1) is 23.4. The van der Waals surface area contributed by atoms with E-state index in [-0.39, 0.29) is 23.7 Å². The molecule has 32 heavy (non-hydrogen) atoms. The quantitative estimate of drug-likeness (QED) is 0.386. The Morgan fingerprint density at radius 3 is 2.19 bits per heavy atom. The molecule has 3 aromatic rings. The zero-order chi connectivity index (χ0) is 23.3. The Balaban J connectivity index is 1.60. The van der Waals surface area contributed by atoms with Gasteiger partial charge in [-0.25, -0.2) is 0 Å². The fourth-order valence-electron chi connectivity index (χ4n) is 2.71. The molecule has 0 aliphatic rings. The van der Waals surface area contributed by atoms with E-state index in [0.29, 0.717) is 21.4 Å². The summed E-state index contributed by atoms with van der Waals surface area (Å²) in [5, 5.41) is 8.63. The summed E-state index contributed by atoms with van der Waals surface area (Å²) in [6.45, 7) is -0.0983. The van der Waals surface area contributed by atoms with Crippen LogP contribution >= 0.6 is 23.2 Å². The van der Waals surface area contributed by atoms with Gasteiger partial charge in [-0.05, 0) is 54.6 Å². The van der Waals surface area contributed by atoms with Gasteiger partial charge in [0.15, 0.2) is 0 Å². The number of hydrogen-bond acceptors (Lipinski definition) is 3. The first-order chi connectivity index (χ1) is 15.1. The maximum atomic E-state index is 12.8. The minimum atomic E-state index is -4.51. The van der Waals surface area contributed by atoms with Gasteiger partial charge in [0.25, 0.3) is 5.91 Å². The molecule has 0 heterocycles. The lowest BCUT2D eigenvalue weighted by Gasteiger charge is -2.11. The molecule has 0 radical (unpaired) electrons. The molecule has 2 amide bonds. The van der Waals surface area contributed by atoms with E-state index in [1.165, 1.54) is 30.3 Å². The second kappa shape index (κ2) is 9.93. The van der Waals surface area contributed by atoms with Crippen molar-refractivity contribution < 1.29 is 22.8 Å². The number of alkyl halides is 3. The summed E-state index contributed by atoms with van der Waals surface area (Å²) in [6.07, 6.45) is -4.51. The van der Waals surface area contributed by atoms with E-state index in [4.69, 9.17) is 23.2 Å². The van der Waals surface area contributed by atoms with E-state index in [9.17, 15) is 22.8 Å². The van der Waals surface area contributed by atoms with E-state index in [1.54, 1.807) is 24.3 Å². The van der Waals surface area contributed by atoms with Crippen LogP contribution in [0.15, 0.2) is 66.7 Å². The summed E-state index contributed by atoms with van der Waals surface area (Å²) in [7, 11) is 0. The summed E-state index contributed by atoms with van der Waals surface area (Å²) in [5.41, 5.74) is 0.312. The Hall–Kier alpha value is -3.23. The molecule has 0 aliphatic heterocycles. The molecular weight excluding hydrogens is 466 g/mol. The number of nitrogens with one attached hydrogen (secondary N) is 3. The van der Waals surface area contributed by atoms with E-state index in [0.717, 1.165) is 12.1 Å². The number of amides is 2. The van der Waals surface area contributed by atoms with Crippen molar-refractivity contribution >= 4 is 52.1 Å². The standard InChI is InChI=1S/C22H16Cl2F3N3O2/c23-18-8-7-17(11-19(18)24)29-20(31)12-28-15-5-1-3-13(9-15)21(32)30-16-6-2-4-14(10-16)22(25,26)27/h1-11,28H,12H2,(H,29,31)(H,30,32). The van der Waals surface area contributed by atoms with E-state index < -0.39 is 17.6 Å². The molecule has 0 saturated heterocycles. The van der Waals surface area contributed by atoms with Crippen LogP contribution in [-0.4, -0.2) is 18.4 Å². The number of carbonyl (C=O) groups excluding carboxylic acids is 2. The van der Waals surface area contributed by atoms with Gasteiger partial charge in [-0.3, -0.25) is 9.59 Å². The Morgan fingerprint density at radius 2 is 1.47 bits per heavy atom. The first-order valence-corrected chi connectivity index (χ1v) is 9.95. The predicted octanol–water partition coefficient (Wildman–Crippen LogP) is 6.32. The Morgan fingerprint density at radius 1 is 0.781 bits per heavy atom. The van der Waals surface area contributed by atoms with Crippen molar-refractivity contribution in [1.29, 1.82) is 0 Å². The molecule has 0 bridgehead atoms. The zero-order valence-corrected chi connectivity index (χ0v) is 17.8. The molecule has 0 saturated carbocycles. The third-order valence-corrected chi connectivity index (χ3v) is 4.97. The van der Waals surface area contributed by atoms with Crippen molar-refractivity contribution in [1.82, 2.24) is 0 Å². The number of benzene rings is 3. The monoisotopic (exact) mass is 481 g/mol. The molecule has 10 heteroatoms. The molecule has 0 atom stereocenters. The number of carbonyl (C=O) groups is 2. The van der Waals surface area contributed by atoms with Crippen LogP contribution in [0, 0.1) is 0 Å². The number of hydrogen-bond donors (Lipinski definition) is 3. The SMILES string of the molecule is O=C(CNc1cccc(C(=O)Nc2cccc(C(F)(F)F)c2)c1)Nc1ccc(Cl)c(Cl)c1. The highest BCUT2D eigenvalue weighted by molar-refractivity contribution is 6.42. The van der Waals surface area contributed by atoms with Crippen LogP contribution < -0.4 is 16.0 Å². The second-order valence-corrected chi connectivity index (χ2v) is 7.46. The van der Waals surface area contributed by atoms with Crippen LogP contribution in [0.3, 0.4) is 0 Å². The van der Waals surface area contributed by atoms with Crippen molar-refractivity contribution in [3.8, 4) is 0 Å². The Labute approximate surface area is 191 Å². The van der Waals surface area contributed by atoms with Crippen molar-refractivity contribution in [2.75, 3.05) is 22.5 Å². The summed E-state index contributed by atoms with van der Waals surface area (Å²) in [4.78, 5) is 24.6. The lowest BCUT2D eigenvalue weighted by Crippen LogP contribution is -2.22. The molecule has 0 fully saturated rings. The fourth-order valence-corrected chi connectivity index (χ4v) is 3.01. The van der Waals surface area contributed by atoms with Gasteiger partial charge in [-0.2, -0.15) is 13.2 Å². The van der Waals surface area contributed by atoms with Crippen molar-refractivity contribution in [3.05, 3.63) is 87.9 Å². The molecular formula is C22H16Cl2F3N3O2. The average Bonchev–Trinajstić information content (AvgIpc) is 2.75. The van der Waals surface area contributed by atoms with Gasteiger partial charge < -0.3 is 16.0 Å². The third kappa shape index (κ3) is 6.38. The number of anilines is 3. The molecule has 5 nitrogen and oxygen atoms in total. The molecule has 3 aromatic carbocycles. The van der Waals surface area contributed by atoms with Crippen molar-refractivity contribution in [3.63, 3.8) is 0 Å².